The highest BCUT2D eigenvalue weighted by molar-refractivity contribution is 5.88. The van der Waals surface area contributed by atoms with Crippen molar-refractivity contribution >= 4 is 22.7 Å². The molecule has 6 nitrogen and oxygen atoms in total. The fraction of sp³-hybridized carbons (Fsp3) is 0.174. The van der Waals surface area contributed by atoms with Crippen molar-refractivity contribution in [1.82, 2.24) is 16.0 Å². The maximum atomic E-state index is 12.5. The molecule has 3 rings (SSSR count). The van der Waals surface area contributed by atoms with Crippen molar-refractivity contribution in [3.63, 3.8) is 0 Å². The summed E-state index contributed by atoms with van der Waals surface area (Å²) in [4.78, 5) is 24.8. The van der Waals surface area contributed by atoms with E-state index < -0.39 is 18.0 Å². The Bertz CT molecular complexity index is 1030. The molecule has 0 saturated carbocycles. The van der Waals surface area contributed by atoms with Crippen LogP contribution in [0.15, 0.2) is 72.8 Å². The molecule has 146 valence electrons. The number of hydrogen-bond acceptors (Lipinski definition) is 3. The molecule has 0 heterocycles. The van der Waals surface area contributed by atoms with Crippen LogP contribution in [-0.4, -0.2) is 24.5 Å². The Labute approximate surface area is 169 Å². The van der Waals surface area contributed by atoms with Crippen LogP contribution >= 0.6 is 0 Å². The summed E-state index contributed by atoms with van der Waals surface area (Å²) in [5.41, 5.74) is 1.88. The molecule has 0 spiro atoms. The van der Waals surface area contributed by atoms with Crippen molar-refractivity contribution in [2.24, 2.45) is 0 Å². The quantitative estimate of drug-likeness (QED) is 0.545. The van der Waals surface area contributed by atoms with Gasteiger partial charge in [0.05, 0.1) is 6.07 Å². The third-order valence-electron chi connectivity index (χ3n) is 4.51. The van der Waals surface area contributed by atoms with Crippen LogP contribution in [0.2, 0.25) is 0 Å². The van der Waals surface area contributed by atoms with E-state index in [1.165, 1.54) is 0 Å². The highest BCUT2D eigenvalue weighted by Crippen LogP contribution is 2.16. The number of hydrogen-bond donors (Lipinski definition) is 3. The summed E-state index contributed by atoms with van der Waals surface area (Å²) in [6.45, 7) is 0.246. The number of amides is 3. The van der Waals surface area contributed by atoms with Gasteiger partial charge in [-0.25, -0.2) is 4.79 Å². The summed E-state index contributed by atoms with van der Waals surface area (Å²) in [6, 6.07) is 24.1. The minimum absolute atomic E-state index is 0.111. The van der Waals surface area contributed by atoms with E-state index in [4.69, 9.17) is 5.26 Å². The number of carbonyl (C=O) groups is 2. The number of rotatable bonds is 7. The average molecular weight is 386 g/mol. The molecule has 0 aliphatic carbocycles. The highest BCUT2D eigenvalue weighted by Gasteiger charge is 2.21. The van der Waals surface area contributed by atoms with Crippen molar-refractivity contribution in [2.45, 2.75) is 19.0 Å². The lowest BCUT2D eigenvalue weighted by Crippen LogP contribution is -2.51. The van der Waals surface area contributed by atoms with Gasteiger partial charge in [0, 0.05) is 13.0 Å². The molecule has 0 radical (unpaired) electrons. The first-order valence-corrected chi connectivity index (χ1v) is 9.36. The van der Waals surface area contributed by atoms with Gasteiger partial charge in [-0.3, -0.25) is 4.79 Å². The first-order chi connectivity index (χ1) is 14.2. The predicted molar refractivity (Wildman–Crippen MR) is 112 cm³/mol. The van der Waals surface area contributed by atoms with Gasteiger partial charge in [0.25, 0.3) is 0 Å². The van der Waals surface area contributed by atoms with Crippen molar-refractivity contribution in [3.05, 3.63) is 83.9 Å². The number of nitrogens with one attached hydrogen (secondary N) is 3. The lowest BCUT2D eigenvalue weighted by Gasteiger charge is -2.18. The third kappa shape index (κ3) is 5.81. The van der Waals surface area contributed by atoms with E-state index in [1.54, 1.807) is 0 Å². The predicted octanol–water partition coefficient (Wildman–Crippen LogP) is 2.89. The van der Waals surface area contributed by atoms with Crippen molar-refractivity contribution in [1.29, 1.82) is 5.26 Å². The van der Waals surface area contributed by atoms with E-state index in [0.717, 1.165) is 21.9 Å². The van der Waals surface area contributed by atoms with Gasteiger partial charge in [-0.1, -0.05) is 72.8 Å². The molecular formula is C23H22N4O2. The Morgan fingerprint density at radius 1 is 0.862 bits per heavy atom. The maximum Gasteiger partial charge on any atom is 0.315 e. The standard InChI is InChI=1S/C23H22N4O2/c24-12-13-25-22(28)21(27-23(29)26-16-17-6-2-1-3-7-17)15-18-10-11-19-8-4-5-9-20(19)14-18/h1-11,14,21H,13,15-16H2,(H,25,28)(H2,26,27,29). The summed E-state index contributed by atoms with van der Waals surface area (Å²) >= 11 is 0. The molecule has 3 amide bonds. The molecule has 29 heavy (non-hydrogen) atoms. The van der Waals surface area contributed by atoms with Crippen molar-refractivity contribution in [3.8, 4) is 6.07 Å². The fourth-order valence-electron chi connectivity index (χ4n) is 3.05. The maximum absolute atomic E-state index is 12.5. The van der Waals surface area contributed by atoms with Gasteiger partial charge in [0.1, 0.15) is 12.6 Å². The zero-order valence-corrected chi connectivity index (χ0v) is 15.9. The van der Waals surface area contributed by atoms with Gasteiger partial charge in [-0.05, 0) is 21.9 Å². The molecule has 0 fully saturated rings. The number of urea groups is 1. The zero-order valence-electron chi connectivity index (χ0n) is 15.9. The number of nitrogens with zero attached hydrogens (tertiary/aromatic N) is 1. The number of carbonyl (C=O) groups excluding carboxylic acids is 2. The Hall–Kier alpha value is -3.85. The van der Waals surface area contributed by atoms with Crippen LogP contribution in [0, 0.1) is 11.3 Å². The SMILES string of the molecule is N#CCNC(=O)C(Cc1ccc2ccccc2c1)NC(=O)NCc1ccccc1. The summed E-state index contributed by atoms with van der Waals surface area (Å²) in [5.74, 6) is -0.394. The molecule has 0 aliphatic rings. The Balaban J connectivity index is 1.68. The van der Waals surface area contributed by atoms with Crippen LogP contribution in [0.5, 0.6) is 0 Å². The Morgan fingerprint density at radius 2 is 1.59 bits per heavy atom. The second kappa shape index (κ2) is 9.90. The summed E-state index contributed by atoms with van der Waals surface area (Å²) in [6.07, 6.45) is 0.320. The third-order valence-corrected chi connectivity index (χ3v) is 4.51. The largest absolute Gasteiger partial charge is 0.341 e. The molecule has 1 atom stereocenters. The summed E-state index contributed by atoms with van der Waals surface area (Å²) in [5, 5.41) is 18.9. The molecular weight excluding hydrogens is 364 g/mol. The molecule has 0 aromatic heterocycles. The van der Waals surface area contributed by atoms with Crippen LogP contribution in [0.3, 0.4) is 0 Å². The van der Waals surface area contributed by atoms with Crippen LogP contribution < -0.4 is 16.0 Å². The van der Waals surface area contributed by atoms with Crippen LogP contribution in [0.4, 0.5) is 4.79 Å². The van der Waals surface area contributed by atoms with Gasteiger partial charge in [-0.15, -0.1) is 0 Å². The minimum Gasteiger partial charge on any atom is -0.341 e. The first-order valence-electron chi connectivity index (χ1n) is 9.36. The minimum atomic E-state index is -0.791. The number of nitriles is 1. The average Bonchev–Trinajstić information content (AvgIpc) is 2.76. The first kappa shape index (κ1) is 19.9. The van der Waals surface area contributed by atoms with Gasteiger partial charge in [-0.2, -0.15) is 5.26 Å². The molecule has 0 aliphatic heterocycles. The monoisotopic (exact) mass is 386 g/mol. The topological polar surface area (TPSA) is 94.0 Å². The van der Waals surface area contributed by atoms with Crippen LogP contribution in [-0.2, 0) is 17.8 Å². The van der Waals surface area contributed by atoms with E-state index in [2.05, 4.69) is 16.0 Å². The van der Waals surface area contributed by atoms with Crippen molar-refractivity contribution < 1.29 is 9.59 Å². The van der Waals surface area contributed by atoms with E-state index in [9.17, 15) is 9.59 Å². The molecule has 0 bridgehead atoms. The van der Waals surface area contributed by atoms with E-state index in [-0.39, 0.29) is 6.54 Å². The molecule has 3 N–H and O–H groups in total. The number of fused-ring (bicyclic) bond motifs is 1. The second-order valence-electron chi connectivity index (χ2n) is 6.63. The molecule has 0 saturated heterocycles. The molecule has 1 unspecified atom stereocenters. The smallest absolute Gasteiger partial charge is 0.315 e. The van der Waals surface area contributed by atoms with E-state index in [0.29, 0.717) is 13.0 Å². The lowest BCUT2D eigenvalue weighted by molar-refractivity contribution is -0.122. The van der Waals surface area contributed by atoms with Crippen LogP contribution in [0.25, 0.3) is 10.8 Å². The lowest BCUT2D eigenvalue weighted by atomic mass is 10.0. The zero-order chi connectivity index (χ0) is 20.5. The van der Waals surface area contributed by atoms with Crippen LogP contribution in [0.1, 0.15) is 11.1 Å². The van der Waals surface area contributed by atoms with Crippen molar-refractivity contribution in [2.75, 3.05) is 6.54 Å². The van der Waals surface area contributed by atoms with Gasteiger partial charge < -0.3 is 16.0 Å². The second-order valence-corrected chi connectivity index (χ2v) is 6.63. The Morgan fingerprint density at radius 3 is 2.34 bits per heavy atom. The number of benzene rings is 3. The normalized spacial score (nSPS) is 11.3. The summed E-state index contributed by atoms with van der Waals surface area (Å²) in [7, 11) is 0. The van der Waals surface area contributed by atoms with E-state index >= 15 is 0 Å². The molecule has 3 aromatic rings. The molecule has 6 heteroatoms. The highest BCUT2D eigenvalue weighted by atomic mass is 16.2. The Kier molecular flexibility index (Phi) is 6.80. The fourth-order valence-corrected chi connectivity index (χ4v) is 3.05. The van der Waals surface area contributed by atoms with E-state index in [1.807, 2.05) is 78.9 Å². The molecule has 3 aromatic carbocycles. The van der Waals surface area contributed by atoms with Gasteiger partial charge in [0.15, 0.2) is 0 Å². The summed E-state index contributed by atoms with van der Waals surface area (Å²) < 4.78 is 0. The van der Waals surface area contributed by atoms with Gasteiger partial charge in [0.2, 0.25) is 5.91 Å². The van der Waals surface area contributed by atoms with Gasteiger partial charge >= 0.3 is 6.03 Å².